The number of methoxy groups -OCH3 is 1. The number of alkyl halides is 3. The Morgan fingerprint density at radius 2 is 1.95 bits per heavy atom. The van der Waals surface area contributed by atoms with E-state index in [1.54, 1.807) is 18.2 Å². The molecule has 1 aliphatic carbocycles. The smallest absolute Gasteiger partial charge is 0.412 e. The lowest BCUT2D eigenvalue weighted by Gasteiger charge is -2.18. The van der Waals surface area contributed by atoms with Crippen molar-refractivity contribution in [3.63, 3.8) is 0 Å². The minimum atomic E-state index is -4.27. The molecular weight excluding hydrogens is 297 g/mol. The fourth-order valence-corrected chi connectivity index (χ4v) is 2.08. The summed E-state index contributed by atoms with van der Waals surface area (Å²) in [6.45, 7) is 0.179. The van der Waals surface area contributed by atoms with Crippen LogP contribution in [0.2, 0.25) is 0 Å². The van der Waals surface area contributed by atoms with Crippen molar-refractivity contribution in [1.82, 2.24) is 0 Å². The summed E-state index contributed by atoms with van der Waals surface area (Å²) < 4.78 is 48.2. The van der Waals surface area contributed by atoms with E-state index in [1.807, 2.05) is 0 Å². The number of carbonyl (C=O) groups is 1. The molecule has 2 rings (SSSR count). The van der Waals surface area contributed by atoms with Gasteiger partial charge in [0.05, 0.1) is 7.11 Å². The second-order valence-corrected chi connectivity index (χ2v) is 4.83. The van der Waals surface area contributed by atoms with Gasteiger partial charge in [-0.15, -0.1) is 0 Å². The van der Waals surface area contributed by atoms with Crippen molar-refractivity contribution in [3.05, 3.63) is 47.1 Å². The van der Waals surface area contributed by atoms with Gasteiger partial charge in [-0.05, 0) is 36.6 Å². The third-order valence-electron chi connectivity index (χ3n) is 3.34. The molecule has 0 amide bonds. The summed E-state index contributed by atoms with van der Waals surface area (Å²) in [7, 11) is 1.45. The van der Waals surface area contributed by atoms with Gasteiger partial charge in [-0.25, -0.2) is 0 Å². The molecule has 0 bridgehead atoms. The van der Waals surface area contributed by atoms with Crippen LogP contribution in [0.5, 0.6) is 11.5 Å². The van der Waals surface area contributed by atoms with E-state index in [4.69, 9.17) is 9.47 Å². The fraction of sp³-hybridized carbons (Fsp3) is 0.312. The Kier molecular flexibility index (Phi) is 4.90. The molecule has 0 heterocycles. The Bertz CT molecular complexity index is 616. The van der Waals surface area contributed by atoms with Gasteiger partial charge in [0.15, 0.2) is 11.5 Å². The Labute approximate surface area is 126 Å². The lowest BCUT2D eigenvalue weighted by molar-refractivity contribution is -0.0941. The highest BCUT2D eigenvalue weighted by Crippen LogP contribution is 2.33. The number of rotatable bonds is 5. The molecule has 0 aromatic heterocycles. The van der Waals surface area contributed by atoms with Gasteiger partial charge in [0.2, 0.25) is 0 Å². The number of halogens is 3. The average Bonchev–Trinajstić information content (AvgIpc) is 2.52. The first-order chi connectivity index (χ1) is 10.4. The number of hydrogen-bond acceptors (Lipinski definition) is 3. The number of allylic oxidation sites excluding steroid dienone is 3. The number of ether oxygens (including phenoxy) is 2. The lowest BCUT2D eigenvalue weighted by atomic mass is 9.98. The molecule has 0 aliphatic heterocycles. The summed E-state index contributed by atoms with van der Waals surface area (Å²) in [5, 5.41) is 0. The van der Waals surface area contributed by atoms with Crippen molar-refractivity contribution < 1.29 is 27.4 Å². The van der Waals surface area contributed by atoms with Crippen LogP contribution in [0.15, 0.2) is 41.5 Å². The maximum Gasteiger partial charge on any atom is 0.412 e. The first-order valence-corrected chi connectivity index (χ1v) is 6.66. The van der Waals surface area contributed by atoms with Crippen LogP contribution in [0.3, 0.4) is 0 Å². The van der Waals surface area contributed by atoms with Crippen LogP contribution in [0.1, 0.15) is 23.2 Å². The van der Waals surface area contributed by atoms with Gasteiger partial charge in [-0.3, -0.25) is 4.79 Å². The third kappa shape index (κ3) is 3.90. The van der Waals surface area contributed by atoms with E-state index in [2.05, 4.69) is 0 Å². The molecule has 0 saturated carbocycles. The van der Waals surface area contributed by atoms with E-state index >= 15 is 0 Å². The normalized spacial score (nSPS) is 14.9. The Balaban J connectivity index is 2.04. The summed E-state index contributed by atoms with van der Waals surface area (Å²) in [5.74, 6) is 0.854. The largest absolute Gasteiger partial charge is 0.493 e. The van der Waals surface area contributed by atoms with Gasteiger partial charge < -0.3 is 9.47 Å². The Morgan fingerprint density at radius 1 is 1.18 bits per heavy atom. The van der Waals surface area contributed by atoms with Crippen LogP contribution >= 0.6 is 0 Å². The molecule has 1 aromatic carbocycles. The SMILES string of the molecule is COc1cc(C=O)ccc1OCC1=CC=C(C(F)(F)F)CC1. The van der Waals surface area contributed by atoms with Crippen molar-refractivity contribution in [2.45, 2.75) is 19.0 Å². The molecule has 1 aromatic rings. The van der Waals surface area contributed by atoms with Gasteiger partial charge in [0, 0.05) is 11.1 Å². The minimum Gasteiger partial charge on any atom is -0.493 e. The van der Waals surface area contributed by atoms with Gasteiger partial charge >= 0.3 is 6.18 Å². The van der Waals surface area contributed by atoms with Gasteiger partial charge in [0.1, 0.15) is 12.9 Å². The van der Waals surface area contributed by atoms with Crippen molar-refractivity contribution in [2.75, 3.05) is 13.7 Å². The molecule has 0 fully saturated rings. The topological polar surface area (TPSA) is 35.5 Å². The number of benzene rings is 1. The molecular formula is C16H15F3O3. The van der Waals surface area contributed by atoms with Crippen LogP contribution in [0.25, 0.3) is 0 Å². The van der Waals surface area contributed by atoms with Crippen LogP contribution < -0.4 is 9.47 Å². The van der Waals surface area contributed by atoms with E-state index in [9.17, 15) is 18.0 Å². The zero-order valence-corrected chi connectivity index (χ0v) is 11.9. The molecule has 22 heavy (non-hydrogen) atoms. The zero-order chi connectivity index (χ0) is 16.2. The van der Waals surface area contributed by atoms with E-state index in [1.165, 1.54) is 13.2 Å². The number of hydrogen-bond donors (Lipinski definition) is 0. The van der Waals surface area contributed by atoms with E-state index in [-0.39, 0.29) is 13.0 Å². The van der Waals surface area contributed by atoms with Crippen LogP contribution in [0, 0.1) is 0 Å². The van der Waals surface area contributed by atoms with Crippen molar-refractivity contribution in [3.8, 4) is 11.5 Å². The maximum atomic E-state index is 12.5. The Morgan fingerprint density at radius 3 is 2.50 bits per heavy atom. The molecule has 118 valence electrons. The van der Waals surface area contributed by atoms with E-state index in [0.717, 1.165) is 11.6 Å². The predicted molar refractivity (Wildman–Crippen MR) is 75.3 cm³/mol. The standard InChI is InChI=1S/C16H15F3O3/c1-21-15-8-12(9-20)4-7-14(15)22-10-11-2-5-13(6-3-11)16(17,18)19/h2,4-5,7-9H,3,6,10H2,1H3. The van der Waals surface area contributed by atoms with E-state index in [0.29, 0.717) is 29.8 Å². The molecule has 0 atom stereocenters. The highest BCUT2D eigenvalue weighted by atomic mass is 19.4. The quantitative estimate of drug-likeness (QED) is 0.768. The number of carbonyl (C=O) groups excluding carboxylic acids is 1. The zero-order valence-electron chi connectivity index (χ0n) is 11.9. The first-order valence-electron chi connectivity index (χ1n) is 6.66. The van der Waals surface area contributed by atoms with E-state index < -0.39 is 11.7 Å². The van der Waals surface area contributed by atoms with Gasteiger partial charge in [0.25, 0.3) is 0 Å². The third-order valence-corrected chi connectivity index (χ3v) is 3.34. The second kappa shape index (κ2) is 6.68. The van der Waals surface area contributed by atoms with Crippen LogP contribution in [-0.4, -0.2) is 26.2 Å². The molecule has 0 saturated heterocycles. The molecule has 0 spiro atoms. The van der Waals surface area contributed by atoms with Crippen LogP contribution in [-0.2, 0) is 0 Å². The highest BCUT2D eigenvalue weighted by molar-refractivity contribution is 5.76. The summed E-state index contributed by atoms with van der Waals surface area (Å²) >= 11 is 0. The molecule has 3 nitrogen and oxygen atoms in total. The summed E-state index contributed by atoms with van der Waals surface area (Å²) in [4.78, 5) is 10.7. The minimum absolute atomic E-state index is 0.0418. The summed E-state index contributed by atoms with van der Waals surface area (Å²) in [5.41, 5.74) is 0.706. The van der Waals surface area contributed by atoms with Crippen LogP contribution in [0.4, 0.5) is 13.2 Å². The second-order valence-electron chi connectivity index (χ2n) is 4.83. The summed E-state index contributed by atoms with van der Waals surface area (Å²) in [6, 6.07) is 4.73. The number of aldehydes is 1. The fourth-order valence-electron chi connectivity index (χ4n) is 2.08. The molecule has 0 N–H and O–H groups in total. The predicted octanol–water partition coefficient (Wildman–Crippen LogP) is 4.10. The van der Waals surface area contributed by atoms with Gasteiger partial charge in [-0.1, -0.05) is 12.2 Å². The molecule has 0 radical (unpaired) electrons. The average molecular weight is 312 g/mol. The van der Waals surface area contributed by atoms with Crippen molar-refractivity contribution >= 4 is 6.29 Å². The van der Waals surface area contributed by atoms with Crippen molar-refractivity contribution in [2.24, 2.45) is 0 Å². The molecule has 6 heteroatoms. The van der Waals surface area contributed by atoms with Crippen molar-refractivity contribution in [1.29, 1.82) is 0 Å². The lowest BCUT2D eigenvalue weighted by Crippen LogP contribution is -2.15. The monoisotopic (exact) mass is 312 g/mol. The first kappa shape index (κ1) is 16.1. The Hall–Kier alpha value is -2.24. The molecule has 0 unspecified atom stereocenters. The highest BCUT2D eigenvalue weighted by Gasteiger charge is 2.33. The summed E-state index contributed by atoms with van der Waals surface area (Å²) in [6.07, 6.45) is -0.774. The molecule has 1 aliphatic rings. The maximum absolute atomic E-state index is 12.5. The van der Waals surface area contributed by atoms with Gasteiger partial charge in [-0.2, -0.15) is 13.2 Å².